The van der Waals surface area contributed by atoms with E-state index in [4.69, 9.17) is 11.6 Å². The molecule has 1 saturated heterocycles. The molecule has 1 aromatic rings. The van der Waals surface area contributed by atoms with Gasteiger partial charge in [0.05, 0.1) is 0 Å². The fraction of sp³-hybridized carbons (Fsp3) is 0.632. The first-order valence-electron chi connectivity index (χ1n) is 9.02. The molecule has 1 fully saturated rings. The Kier molecular flexibility index (Phi) is 10.8. The number of nitrogens with zero attached hydrogens (tertiary/aromatic N) is 2. The summed E-state index contributed by atoms with van der Waals surface area (Å²) < 4.78 is 0. The lowest BCUT2D eigenvalue weighted by atomic mass is 9.97. The van der Waals surface area contributed by atoms with Crippen LogP contribution in [0.2, 0.25) is 5.02 Å². The average Bonchev–Trinajstić information content (AvgIpc) is 2.59. The Morgan fingerprint density at radius 2 is 2.08 bits per heavy atom. The second-order valence-electron chi connectivity index (χ2n) is 6.82. The molecule has 0 aliphatic carbocycles. The topological polar surface area (TPSA) is 39.7 Å². The third-order valence-corrected chi connectivity index (χ3v) is 5.08. The highest BCUT2D eigenvalue weighted by Gasteiger charge is 2.21. The molecule has 0 saturated carbocycles. The van der Waals surface area contributed by atoms with Crippen LogP contribution in [0.1, 0.15) is 32.3 Å². The first-order chi connectivity index (χ1) is 11.6. The van der Waals surface area contributed by atoms with Gasteiger partial charge in [-0.25, -0.2) is 0 Å². The van der Waals surface area contributed by atoms with Crippen molar-refractivity contribution in [2.75, 3.05) is 33.2 Å². The van der Waals surface area contributed by atoms with Gasteiger partial charge in [-0.2, -0.15) is 0 Å². The summed E-state index contributed by atoms with van der Waals surface area (Å²) in [4.78, 5) is 6.90. The van der Waals surface area contributed by atoms with Crippen molar-refractivity contribution in [1.82, 2.24) is 15.5 Å². The van der Waals surface area contributed by atoms with Gasteiger partial charge in [0.15, 0.2) is 5.96 Å². The summed E-state index contributed by atoms with van der Waals surface area (Å²) in [7, 11) is 1.83. The lowest BCUT2D eigenvalue weighted by Crippen LogP contribution is -2.46. The summed E-state index contributed by atoms with van der Waals surface area (Å²) in [5, 5.41) is 7.70. The molecule has 0 bridgehead atoms. The van der Waals surface area contributed by atoms with Crippen LogP contribution in [0, 0.1) is 5.92 Å². The molecule has 25 heavy (non-hydrogen) atoms. The maximum atomic E-state index is 6.20. The van der Waals surface area contributed by atoms with Gasteiger partial charge in [-0.1, -0.05) is 29.8 Å². The number of aliphatic imine (C=N–C) groups is 1. The number of hydrogen-bond acceptors (Lipinski definition) is 2. The van der Waals surface area contributed by atoms with Crippen molar-refractivity contribution in [2.45, 2.75) is 39.2 Å². The van der Waals surface area contributed by atoms with E-state index in [9.17, 15) is 0 Å². The number of hydrogen-bond donors (Lipinski definition) is 2. The van der Waals surface area contributed by atoms with Crippen LogP contribution in [-0.2, 0) is 6.42 Å². The van der Waals surface area contributed by atoms with E-state index in [-0.39, 0.29) is 24.0 Å². The van der Waals surface area contributed by atoms with Crippen LogP contribution >= 0.6 is 35.6 Å². The predicted molar refractivity (Wildman–Crippen MR) is 119 cm³/mol. The Morgan fingerprint density at radius 3 is 2.76 bits per heavy atom. The molecule has 0 spiro atoms. The highest BCUT2D eigenvalue weighted by atomic mass is 127. The second-order valence-corrected chi connectivity index (χ2v) is 7.23. The molecular weight excluding hydrogens is 447 g/mol. The molecular formula is C19H32ClIN4. The molecule has 1 aliphatic rings. The summed E-state index contributed by atoms with van der Waals surface area (Å²) >= 11 is 6.20. The third-order valence-electron chi connectivity index (χ3n) is 4.71. The van der Waals surface area contributed by atoms with Crippen LogP contribution < -0.4 is 10.6 Å². The van der Waals surface area contributed by atoms with Gasteiger partial charge in [-0.05, 0) is 57.2 Å². The zero-order chi connectivity index (χ0) is 17.4. The standard InChI is InChI=1S/C19H31ClN4.HI/c1-15(2)24-12-6-7-16(14-24)13-23-19(21-3)22-11-10-17-8-4-5-9-18(17)20;/h4-5,8-9,15-16H,6-7,10-14H2,1-3H3,(H2,21,22,23);1H. The molecule has 1 aromatic carbocycles. The highest BCUT2D eigenvalue weighted by molar-refractivity contribution is 14.0. The Morgan fingerprint density at radius 1 is 1.32 bits per heavy atom. The van der Waals surface area contributed by atoms with E-state index in [1.807, 2.05) is 25.2 Å². The van der Waals surface area contributed by atoms with Crippen molar-refractivity contribution in [3.63, 3.8) is 0 Å². The van der Waals surface area contributed by atoms with Crippen molar-refractivity contribution in [2.24, 2.45) is 10.9 Å². The zero-order valence-electron chi connectivity index (χ0n) is 15.6. The number of guanidine groups is 1. The fourth-order valence-corrected chi connectivity index (χ4v) is 3.44. The summed E-state index contributed by atoms with van der Waals surface area (Å²) in [5.74, 6) is 1.58. The number of likely N-dealkylation sites (tertiary alicyclic amines) is 1. The van der Waals surface area contributed by atoms with Gasteiger partial charge in [0.25, 0.3) is 0 Å². The summed E-state index contributed by atoms with van der Waals surface area (Å²) in [6.07, 6.45) is 3.49. The van der Waals surface area contributed by atoms with Gasteiger partial charge >= 0.3 is 0 Å². The van der Waals surface area contributed by atoms with Gasteiger partial charge in [0.1, 0.15) is 0 Å². The van der Waals surface area contributed by atoms with Gasteiger partial charge in [0.2, 0.25) is 0 Å². The van der Waals surface area contributed by atoms with Crippen LogP contribution in [0.25, 0.3) is 0 Å². The Labute approximate surface area is 174 Å². The normalized spacial score (nSPS) is 18.8. The number of halogens is 2. The Balaban J connectivity index is 0.00000312. The van der Waals surface area contributed by atoms with Crippen molar-refractivity contribution in [3.05, 3.63) is 34.9 Å². The summed E-state index contributed by atoms with van der Waals surface area (Å²) in [6.45, 7) is 8.79. The van der Waals surface area contributed by atoms with Gasteiger partial charge in [-0.3, -0.25) is 4.99 Å². The minimum Gasteiger partial charge on any atom is -0.356 e. The molecule has 1 unspecified atom stereocenters. The number of rotatable bonds is 6. The molecule has 142 valence electrons. The van der Waals surface area contributed by atoms with Crippen LogP contribution in [0.4, 0.5) is 0 Å². The largest absolute Gasteiger partial charge is 0.356 e. The fourth-order valence-electron chi connectivity index (χ4n) is 3.21. The number of nitrogens with one attached hydrogen (secondary N) is 2. The maximum absolute atomic E-state index is 6.20. The van der Waals surface area contributed by atoms with Crippen LogP contribution in [0.15, 0.2) is 29.3 Å². The van der Waals surface area contributed by atoms with Crippen molar-refractivity contribution >= 4 is 41.5 Å². The van der Waals surface area contributed by atoms with Crippen molar-refractivity contribution in [1.29, 1.82) is 0 Å². The monoisotopic (exact) mass is 478 g/mol. The Bertz CT molecular complexity index is 536. The first-order valence-corrected chi connectivity index (χ1v) is 9.40. The van der Waals surface area contributed by atoms with E-state index >= 15 is 0 Å². The van der Waals surface area contributed by atoms with E-state index in [1.54, 1.807) is 0 Å². The molecule has 1 aliphatic heterocycles. The molecule has 2 N–H and O–H groups in total. The summed E-state index contributed by atoms with van der Waals surface area (Å²) in [6, 6.07) is 8.64. The van der Waals surface area contributed by atoms with E-state index in [1.165, 1.54) is 31.5 Å². The summed E-state index contributed by atoms with van der Waals surface area (Å²) in [5.41, 5.74) is 1.17. The van der Waals surface area contributed by atoms with Crippen LogP contribution in [0.3, 0.4) is 0 Å². The van der Waals surface area contributed by atoms with Gasteiger partial charge in [-0.15, -0.1) is 24.0 Å². The minimum absolute atomic E-state index is 0. The molecule has 4 nitrogen and oxygen atoms in total. The lowest BCUT2D eigenvalue weighted by Gasteiger charge is -2.35. The lowest BCUT2D eigenvalue weighted by molar-refractivity contribution is 0.141. The number of piperidine rings is 1. The van der Waals surface area contributed by atoms with E-state index in [2.05, 4.69) is 40.4 Å². The first kappa shape index (κ1) is 22.5. The molecule has 1 heterocycles. The smallest absolute Gasteiger partial charge is 0.190 e. The molecule has 1 atom stereocenters. The average molecular weight is 479 g/mol. The van der Waals surface area contributed by atoms with E-state index < -0.39 is 0 Å². The van der Waals surface area contributed by atoms with Crippen LogP contribution in [-0.4, -0.2) is 50.1 Å². The number of benzene rings is 1. The molecule has 0 radical (unpaired) electrons. The van der Waals surface area contributed by atoms with Crippen LogP contribution in [0.5, 0.6) is 0 Å². The highest BCUT2D eigenvalue weighted by Crippen LogP contribution is 2.17. The third kappa shape index (κ3) is 7.71. The van der Waals surface area contributed by atoms with Crippen molar-refractivity contribution < 1.29 is 0 Å². The molecule has 2 rings (SSSR count). The predicted octanol–water partition coefficient (Wildman–Crippen LogP) is 3.79. The van der Waals surface area contributed by atoms with Gasteiger partial charge < -0.3 is 15.5 Å². The zero-order valence-corrected chi connectivity index (χ0v) is 18.7. The van der Waals surface area contributed by atoms with E-state index in [0.29, 0.717) is 12.0 Å². The van der Waals surface area contributed by atoms with E-state index in [0.717, 1.165) is 30.5 Å². The SMILES string of the molecule is CN=C(NCCc1ccccc1Cl)NCC1CCCN(C(C)C)C1.I. The molecule has 0 aromatic heterocycles. The minimum atomic E-state index is 0. The quantitative estimate of drug-likeness (QED) is 0.371. The molecule has 6 heteroatoms. The maximum Gasteiger partial charge on any atom is 0.190 e. The van der Waals surface area contributed by atoms with Crippen molar-refractivity contribution in [3.8, 4) is 0 Å². The van der Waals surface area contributed by atoms with Gasteiger partial charge in [0, 0.05) is 37.7 Å². The Hall–Kier alpha value is -0.530. The second kappa shape index (κ2) is 12.0. The molecule has 0 amide bonds.